The van der Waals surface area contributed by atoms with Crippen molar-refractivity contribution in [3.05, 3.63) is 64.1 Å². The van der Waals surface area contributed by atoms with Crippen molar-refractivity contribution in [2.24, 2.45) is 0 Å². The number of hydrogen-bond donors (Lipinski definition) is 2. The molecule has 2 N–H and O–H groups in total. The number of carbonyl (C=O) groups excluding carboxylic acids is 1. The third-order valence-corrected chi connectivity index (χ3v) is 3.04. The van der Waals surface area contributed by atoms with E-state index in [2.05, 4.69) is 21.9 Å². The predicted molar refractivity (Wildman–Crippen MR) is 82.2 cm³/mol. The van der Waals surface area contributed by atoms with Crippen LogP contribution in [0.4, 0.5) is 0 Å². The third-order valence-electron chi connectivity index (χ3n) is 2.79. The lowest BCUT2D eigenvalue weighted by Crippen LogP contribution is -2.28. The Morgan fingerprint density at radius 1 is 1.38 bits per heavy atom. The van der Waals surface area contributed by atoms with Crippen LogP contribution in [0.25, 0.3) is 11.4 Å². The van der Waals surface area contributed by atoms with Gasteiger partial charge in [0.1, 0.15) is 5.82 Å². The minimum absolute atomic E-state index is 0.0168. The van der Waals surface area contributed by atoms with Crippen LogP contribution >= 0.6 is 11.6 Å². The lowest BCUT2D eigenvalue weighted by molar-refractivity contribution is -0.120. The van der Waals surface area contributed by atoms with E-state index in [1.807, 2.05) is 0 Å². The number of aromatic nitrogens is 2. The Morgan fingerprint density at radius 3 is 2.71 bits per heavy atom. The standard InChI is InChI=1S/C15H14ClN3O2/c1-2-7-17-13(20)8-11-9-18-14(19-15(11)21)10-3-5-12(16)6-4-10/h2-6,9H,1,7-8H2,(H,17,20)(H,18,19,21). The van der Waals surface area contributed by atoms with Gasteiger partial charge >= 0.3 is 0 Å². The van der Waals surface area contributed by atoms with Crippen LogP contribution < -0.4 is 10.9 Å². The first-order valence-corrected chi connectivity index (χ1v) is 6.69. The summed E-state index contributed by atoms with van der Waals surface area (Å²) in [6.45, 7) is 3.87. The first-order valence-electron chi connectivity index (χ1n) is 6.32. The lowest BCUT2D eigenvalue weighted by Gasteiger charge is -2.04. The van der Waals surface area contributed by atoms with Gasteiger partial charge in [-0.1, -0.05) is 17.7 Å². The molecule has 0 aliphatic carbocycles. The van der Waals surface area contributed by atoms with Crippen molar-refractivity contribution in [3.63, 3.8) is 0 Å². The first-order chi connectivity index (χ1) is 10.1. The molecule has 0 unspecified atom stereocenters. The summed E-state index contributed by atoms with van der Waals surface area (Å²) in [4.78, 5) is 30.4. The Hall–Kier alpha value is -2.40. The molecule has 108 valence electrons. The molecule has 0 fully saturated rings. The summed E-state index contributed by atoms with van der Waals surface area (Å²) in [5, 5.41) is 3.22. The summed E-state index contributed by atoms with van der Waals surface area (Å²) in [6.07, 6.45) is 2.97. The van der Waals surface area contributed by atoms with Gasteiger partial charge in [-0.3, -0.25) is 9.59 Å². The number of nitrogens with zero attached hydrogens (tertiary/aromatic N) is 1. The molecule has 0 aliphatic heterocycles. The molecule has 2 rings (SSSR count). The SMILES string of the molecule is C=CCNC(=O)Cc1cnc(-c2ccc(Cl)cc2)[nH]c1=O. The normalized spacial score (nSPS) is 10.1. The fourth-order valence-corrected chi connectivity index (χ4v) is 1.85. The van der Waals surface area contributed by atoms with Crippen molar-refractivity contribution >= 4 is 17.5 Å². The molecular formula is C15H14ClN3O2. The van der Waals surface area contributed by atoms with Crippen molar-refractivity contribution in [1.29, 1.82) is 0 Å². The van der Waals surface area contributed by atoms with Crippen LogP contribution in [-0.2, 0) is 11.2 Å². The molecule has 0 radical (unpaired) electrons. The van der Waals surface area contributed by atoms with Gasteiger partial charge in [-0.05, 0) is 24.3 Å². The summed E-state index contributed by atoms with van der Waals surface area (Å²) in [5.41, 5.74) is 0.733. The highest BCUT2D eigenvalue weighted by Crippen LogP contribution is 2.16. The topological polar surface area (TPSA) is 74.8 Å². The average Bonchev–Trinajstić information content (AvgIpc) is 2.48. The number of aromatic amines is 1. The van der Waals surface area contributed by atoms with E-state index in [1.54, 1.807) is 30.3 Å². The lowest BCUT2D eigenvalue weighted by atomic mass is 10.2. The Bertz CT molecular complexity index is 708. The van der Waals surface area contributed by atoms with Crippen LogP contribution in [0.15, 0.2) is 47.9 Å². The van der Waals surface area contributed by atoms with Crippen LogP contribution in [0.2, 0.25) is 5.02 Å². The van der Waals surface area contributed by atoms with Crippen molar-refractivity contribution in [3.8, 4) is 11.4 Å². The first kappa shape index (κ1) is 15.0. The second-order valence-electron chi connectivity index (χ2n) is 4.36. The number of amides is 1. The van der Waals surface area contributed by atoms with Gasteiger partial charge in [0.25, 0.3) is 5.56 Å². The van der Waals surface area contributed by atoms with Gasteiger partial charge in [-0.2, -0.15) is 0 Å². The van der Waals surface area contributed by atoms with E-state index in [4.69, 9.17) is 11.6 Å². The van der Waals surface area contributed by atoms with E-state index in [9.17, 15) is 9.59 Å². The number of rotatable bonds is 5. The number of benzene rings is 1. The molecule has 0 aliphatic rings. The smallest absolute Gasteiger partial charge is 0.254 e. The number of carbonyl (C=O) groups is 1. The predicted octanol–water partition coefficient (Wildman–Crippen LogP) is 1.93. The minimum atomic E-state index is -0.330. The van der Waals surface area contributed by atoms with Gasteiger partial charge in [0.15, 0.2) is 0 Å². The van der Waals surface area contributed by atoms with E-state index in [0.717, 1.165) is 5.56 Å². The number of halogens is 1. The van der Waals surface area contributed by atoms with Crippen LogP contribution in [0, 0.1) is 0 Å². The van der Waals surface area contributed by atoms with Crippen LogP contribution in [0.1, 0.15) is 5.56 Å². The molecule has 0 spiro atoms. The molecule has 1 amide bonds. The molecule has 0 bridgehead atoms. The van der Waals surface area contributed by atoms with Crippen LogP contribution in [0.5, 0.6) is 0 Å². The van der Waals surface area contributed by atoms with Gasteiger partial charge in [0.05, 0.1) is 6.42 Å². The monoisotopic (exact) mass is 303 g/mol. The van der Waals surface area contributed by atoms with Gasteiger partial charge in [-0.25, -0.2) is 4.98 Å². The van der Waals surface area contributed by atoms with Gasteiger partial charge in [-0.15, -0.1) is 6.58 Å². The van der Waals surface area contributed by atoms with Crippen molar-refractivity contribution in [2.75, 3.05) is 6.54 Å². The summed E-state index contributed by atoms with van der Waals surface area (Å²) < 4.78 is 0. The Balaban J connectivity index is 2.17. The fourth-order valence-electron chi connectivity index (χ4n) is 1.72. The largest absolute Gasteiger partial charge is 0.352 e. The third kappa shape index (κ3) is 4.03. The second kappa shape index (κ2) is 6.85. The molecule has 1 aromatic carbocycles. The van der Waals surface area contributed by atoms with Crippen molar-refractivity contribution in [1.82, 2.24) is 15.3 Å². The molecule has 1 heterocycles. The molecular weight excluding hydrogens is 290 g/mol. The zero-order chi connectivity index (χ0) is 15.2. The van der Waals surface area contributed by atoms with E-state index in [-0.39, 0.29) is 17.9 Å². The molecule has 2 aromatic rings. The maximum absolute atomic E-state index is 12.0. The molecule has 1 aromatic heterocycles. The summed E-state index contributed by atoms with van der Waals surface area (Å²) in [5.74, 6) is 0.188. The second-order valence-corrected chi connectivity index (χ2v) is 4.80. The maximum atomic E-state index is 12.0. The fraction of sp³-hybridized carbons (Fsp3) is 0.133. The zero-order valence-electron chi connectivity index (χ0n) is 11.2. The number of H-pyrrole nitrogens is 1. The molecule has 6 heteroatoms. The summed E-state index contributed by atoms with van der Waals surface area (Å²) in [6, 6.07) is 6.95. The van der Waals surface area contributed by atoms with Crippen molar-refractivity contribution < 1.29 is 4.79 Å². The molecule has 5 nitrogen and oxygen atoms in total. The highest BCUT2D eigenvalue weighted by atomic mass is 35.5. The minimum Gasteiger partial charge on any atom is -0.352 e. The maximum Gasteiger partial charge on any atom is 0.254 e. The molecule has 0 atom stereocenters. The van der Waals surface area contributed by atoms with Gasteiger partial charge in [0, 0.05) is 28.9 Å². The zero-order valence-corrected chi connectivity index (χ0v) is 12.0. The number of hydrogen-bond acceptors (Lipinski definition) is 3. The van der Waals surface area contributed by atoms with Crippen molar-refractivity contribution in [2.45, 2.75) is 6.42 Å². The Labute approximate surface area is 126 Å². The molecule has 0 saturated heterocycles. The van der Waals surface area contributed by atoms with Gasteiger partial charge in [0.2, 0.25) is 5.91 Å². The Morgan fingerprint density at radius 2 is 2.10 bits per heavy atom. The average molecular weight is 304 g/mol. The highest BCUT2D eigenvalue weighted by Gasteiger charge is 2.08. The van der Waals surface area contributed by atoms with Crippen LogP contribution in [-0.4, -0.2) is 22.4 Å². The van der Waals surface area contributed by atoms with E-state index < -0.39 is 0 Å². The summed E-state index contributed by atoms with van der Waals surface area (Å²) >= 11 is 5.81. The molecule has 0 saturated carbocycles. The van der Waals surface area contributed by atoms with E-state index in [1.165, 1.54) is 6.20 Å². The number of nitrogens with one attached hydrogen (secondary N) is 2. The highest BCUT2D eigenvalue weighted by molar-refractivity contribution is 6.30. The van der Waals surface area contributed by atoms with E-state index >= 15 is 0 Å². The Kier molecular flexibility index (Phi) is 4.90. The van der Waals surface area contributed by atoms with E-state index in [0.29, 0.717) is 23.0 Å². The summed E-state index contributed by atoms with van der Waals surface area (Å²) in [7, 11) is 0. The van der Waals surface area contributed by atoms with Gasteiger partial charge < -0.3 is 10.3 Å². The van der Waals surface area contributed by atoms with Crippen LogP contribution in [0.3, 0.4) is 0 Å². The molecule has 21 heavy (non-hydrogen) atoms. The quantitative estimate of drug-likeness (QED) is 0.829.